The Morgan fingerprint density at radius 1 is 0.976 bits per heavy atom. The highest BCUT2D eigenvalue weighted by atomic mass is 19.4. The molecule has 0 saturated heterocycles. The molecule has 4 heterocycles. The topological polar surface area (TPSA) is 95.3 Å². The van der Waals surface area contributed by atoms with Crippen molar-refractivity contribution in [3.63, 3.8) is 0 Å². The van der Waals surface area contributed by atoms with Crippen molar-refractivity contribution in [2.45, 2.75) is 19.6 Å². The zero-order valence-electron chi connectivity index (χ0n) is 22.0. The van der Waals surface area contributed by atoms with Crippen molar-refractivity contribution in [1.29, 1.82) is 0 Å². The molecule has 41 heavy (non-hydrogen) atoms. The van der Waals surface area contributed by atoms with Crippen molar-refractivity contribution in [2.24, 2.45) is 0 Å². The summed E-state index contributed by atoms with van der Waals surface area (Å²) in [5.74, 6) is 0.720. The van der Waals surface area contributed by atoms with E-state index in [0.717, 1.165) is 28.5 Å². The van der Waals surface area contributed by atoms with E-state index in [0.29, 0.717) is 35.9 Å². The van der Waals surface area contributed by atoms with E-state index in [9.17, 15) is 18.0 Å². The van der Waals surface area contributed by atoms with Gasteiger partial charge in [0, 0.05) is 11.3 Å². The highest BCUT2D eigenvalue weighted by molar-refractivity contribution is 6.07. The number of amides is 1. The van der Waals surface area contributed by atoms with Gasteiger partial charge in [0.2, 0.25) is 11.6 Å². The molecule has 0 bridgehead atoms. The summed E-state index contributed by atoms with van der Waals surface area (Å²) in [6.45, 7) is 2.80. The lowest BCUT2D eigenvalue weighted by Gasteiger charge is -2.22. The van der Waals surface area contributed by atoms with Crippen LogP contribution in [0, 0.1) is 6.92 Å². The van der Waals surface area contributed by atoms with Gasteiger partial charge in [-0.05, 0) is 66.6 Å². The number of hydrogen-bond acceptors (Lipinski definition) is 7. The Morgan fingerprint density at radius 3 is 2.46 bits per heavy atom. The molecule has 0 aliphatic carbocycles. The number of ether oxygens (including phenoxy) is 2. The minimum Gasteiger partial charge on any atom is -0.497 e. The number of alkyl halides is 3. The number of halogens is 3. The first-order chi connectivity index (χ1) is 19.7. The molecular formula is C29H23F3N6O3. The second kappa shape index (κ2) is 10.2. The van der Waals surface area contributed by atoms with Crippen LogP contribution in [0.2, 0.25) is 0 Å². The lowest BCUT2D eigenvalue weighted by molar-refractivity contribution is -0.140. The smallest absolute Gasteiger partial charge is 0.433 e. The van der Waals surface area contributed by atoms with E-state index in [1.54, 1.807) is 22.8 Å². The van der Waals surface area contributed by atoms with E-state index in [1.165, 1.54) is 12.1 Å². The van der Waals surface area contributed by atoms with Crippen molar-refractivity contribution in [2.75, 3.05) is 25.2 Å². The molecule has 0 saturated carbocycles. The van der Waals surface area contributed by atoms with Gasteiger partial charge in [-0.2, -0.15) is 13.2 Å². The first-order valence-electron chi connectivity index (χ1n) is 12.7. The van der Waals surface area contributed by atoms with E-state index < -0.39 is 11.9 Å². The van der Waals surface area contributed by atoms with Crippen LogP contribution in [0.4, 0.5) is 18.9 Å². The molecule has 12 heteroatoms. The number of anilines is 1. The molecule has 3 aromatic heterocycles. The average Bonchev–Trinajstić information content (AvgIpc) is 3.28. The minimum atomic E-state index is -4.53. The van der Waals surface area contributed by atoms with Crippen LogP contribution in [-0.4, -0.2) is 51.1 Å². The van der Waals surface area contributed by atoms with Gasteiger partial charge in [0.05, 0.1) is 36.9 Å². The normalized spacial score (nSPS) is 13.6. The highest BCUT2D eigenvalue weighted by Crippen LogP contribution is 2.32. The van der Waals surface area contributed by atoms with Crippen molar-refractivity contribution in [3.8, 4) is 22.9 Å². The van der Waals surface area contributed by atoms with E-state index in [1.807, 2.05) is 49.4 Å². The third kappa shape index (κ3) is 5.04. The number of hydrogen-bond donors (Lipinski definition) is 0. The van der Waals surface area contributed by atoms with Crippen LogP contribution >= 0.6 is 0 Å². The molecule has 1 aliphatic heterocycles. The Bertz CT molecular complexity index is 1770. The average molecular weight is 561 g/mol. The molecule has 208 valence electrons. The number of carbonyl (C=O) groups is 1. The number of pyridine rings is 2. The van der Waals surface area contributed by atoms with Gasteiger partial charge in [-0.1, -0.05) is 23.4 Å². The molecular weight excluding hydrogens is 537 g/mol. The molecule has 1 aliphatic rings. The van der Waals surface area contributed by atoms with E-state index in [2.05, 4.69) is 20.3 Å². The predicted octanol–water partition coefficient (Wildman–Crippen LogP) is 5.31. The van der Waals surface area contributed by atoms with Gasteiger partial charge < -0.3 is 14.4 Å². The number of aromatic nitrogens is 5. The standard InChI is InChI=1S/C29H23F3N6O3/c1-17-15-19(21-8-9-23-22(33-21)10-12-25(34-23)29(30,31)32)5-11-24(17)37-13-14-41-28-26(27(37)39)35-36-38(28)16-18-3-6-20(40-2)7-4-18/h3-12,15H,13-14,16H2,1-2H3. The van der Waals surface area contributed by atoms with Gasteiger partial charge in [-0.15, -0.1) is 5.10 Å². The summed E-state index contributed by atoms with van der Waals surface area (Å²) in [7, 11) is 1.60. The monoisotopic (exact) mass is 560 g/mol. The molecule has 0 radical (unpaired) electrons. The fraction of sp³-hybridized carbons (Fsp3) is 0.207. The molecule has 2 aromatic carbocycles. The zero-order valence-corrected chi connectivity index (χ0v) is 22.0. The maximum absolute atomic E-state index is 13.6. The number of methoxy groups -OCH3 is 1. The lowest BCUT2D eigenvalue weighted by atomic mass is 10.0. The first-order valence-corrected chi connectivity index (χ1v) is 12.7. The fourth-order valence-electron chi connectivity index (χ4n) is 4.73. The Balaban J connectivity index is 1.25. The van der Waals surface area contributed by atoms with Crippen molar-refractivity contribution >= 4 is 22.6 Å². The number of rotatable bonds is 5. The number of nitrogens with zero attached hydrogens (tertiary/aromatic N) is 6. The van der Waals surface area contributed by atoms with Crippen molar-refractivity contribution < 1.29 is 27.4 Å². The van der Waals surface area contributed by atoms with Gasteiger partial charge in [-0.25, -0.2) is 14.6 Å². The van der Waals surface area contributed by atoms with Crippen LogP contribution < -0.4 is 14.4 Å². The summed E-state index contributed by atoms with van der Waals surface area (Å²) < 4.78 is 51.7. The maximum Gasteiger partial charge on any atom is 0.433 e. The number of benzene rings is 2. The Morgan fingerprint density at radius 2 is 1.73 bits per heavy atom. The largest absolute Gasteiger partial charge is 0.497 e. The van der Waals surface area contributed by atoms with Gasteiger partial charge in [0.25, 0.3) is 5.91 Å². The van der Waals surface area contributed by atoms with Crippen molar-refractivity contribution in [3.05, 3.63) is 89.2 Å². The van der Waals surface area contributed by atoms with E-state index >= 15 is 0 Å². The second-order valence-electron chi connectivity index (χ2n) is 9.48. The summed E-state index contributed by atoms with van der Waals surface area (Å²) in [6, 6.07) is 18.4. The van der Waals surface area contributed by atoms with Crippen LogP contribution in [0.1, 0.15) is 27.3 Å². The minimum absolute atomic E-state index is 0.126. The SMILES string of the molecule is COc1ccc(Cn2nnc3c2OCCN(c2ccc(-c4ccc5nc(C(F)(F)F)ccc5n4)cc2C)C3=O)cc1. The Hall–Kier alpha value is -5.00. The number of carbonyl (C=O) groups excluding carboxylic acids is 1. The van der Waals surface area contributed by atoms with Crippen LogP contribution in [0.5, 0.6) is 11.6 Å². The quantitative estimate of drug-likeness (QED) is 0.288. The lowest BCUT2D eigenvalue weighted by Crippen LogP contribution is -2.33. The van der Waals surface area contributed by atoms with E-state index in [-0.39, 0.29) is 23.7 Å². The Labute approximate surface area is 232 Å². The van der Waals surface area contributed by atoms with Crippen LogP contribution in [-0.2, 0) is 12.7 Å². The maximum atomic E-state index is 13.6. The third-order valence-corrected chi connectivity index (χ3v) is 6.80. The molecule has 5 aromatic rings. The van der Waals surface area contributed by atoms with Crippen LogP contribution in [0.25, 0.3) is 22.3 Å². The number of fused-ring (bicyclic) bond motifs is 2. The fourth-order valence-corrected chi connectivity index (χ4v) is 4.73. The molecule has 0 unspecified atom stereocenters. The highest BCUT2D eigenvalue weighted by Gasteiger charge is 2.33. The summed E-state index contributed by atoms with van der Waals surface area (Å²) in [6.07, 6.45) is -4.53. The van der Waals surface area contributed by atoms with Gasteiger partial charge >= 0.3 is 6.18 Å². The Kier molecular flexibility index (Phi) is 6.52. The molecule has 1 amide bonds. The summed E-state index contributed by atoms with van der Waals surface area (Å²) >= 11 is 0. The van der Waals surface area contributed by atoms with Crippen LogP contribution in [0.15, 0.2) is 66.7 Å². The first kappa shape index (κ1) is 26.2. The molecule has 9 nitrogen and oxygen atoms in total. The zero-order chi connectivity index (χ0) is 28.7. The van der Waals surface area contributed by atoms with Gasteiger partial charge in [0.1, 0.15) is 18.1 Å². The molecule has 0 fully saturated rings. The van der Waals surface area contributed by atoms with Crippen LogP contribution in [0.3, 0.4) is 0 Å². The van der Waals surface area contributed by atoms with Gasteiger partial charge in [-0.3, -0.25) is 4.79 Å². The summed E-state index contributed by atoms with van der Waals surface area (Å²) in [4.78, 5) is 23.3. The van der Waals surface area contributed by atoms with Crippen molar-refractivity contribution in [1.82, 2.24) is 25.0 Å². The predicted molar refractivity (Wildman–Crippen MR) is 144 cm³/mol. The molecule has 6 rings (SSSR count). The molecule has 0 N–H and O–H groups in total. The third-order valence-electron chi connectivity index (χ3n) is 6.80. The summed E-state index contributed by atoms with van der Waals surface area (Å²) in [5.41, 5.74) is 3.41. The summed E-state index contributed by atoms with van der Waals surface area (Å²) in [5, 5.41) is 8.30. The number of aryl methyl sites for hydroxylation is 1. The second-order valence-corrected chi connectivity index (χ2v) is 9.48. The molecule has 0 atom stereocenters. The van der Waals surface area contributed by atoms with E-state index in [4.69, 9.17) is 9.47 Å². The molecule has 0 spiro atoms. The van der Waals surface area contributed by atoms with Gasteiger partial charge in [0.15, 0.2) is 0 Å².